The molecule has 17 heavy (non-hydrogen) atoms. The zero-order valence-electron chi connectivity index (χ0n) is 9.74. The Morgan fingerprint density at radius 2 is 2.00 bits per heavy atom. The molecule has 0 saturated heterocycles. The van der Waals surface area contributed by atoms with Crippen LogP contribution in [-0.4, -0.2) is 30.5 Å². The lowest BCUT2D eigenvalue weighted by atomic mass is 10.2. The van der Waals surface area contributed by atoms with Crippen molar-refractivity contribution in [2.45, 2.75) is 17.8 Å². The molecule has 0 fully saturated rings. The molecular formula is C12H15Br2NO2. The summed E-state index contributed by atoms with van der Waals surface area (Å²) in [6, 6.07) is 7.27. The zero-order valence-corrected chi connectivity index (χ0v) is 12.9. The maximum atomic E-state index is 11.9. The monoisotopic (exact) mass is 363 g/mol. The number of alkyl halides is 1. The minimum Gasteiger partial charge on any atom is -0.383 e. The van der Waals surface area contributed by atoms with Crippen LogP contribution in [0.25, 0.3) is 0 Å². The van der Waals surface area contributed by atoms with Crippen LogP contribution in [0.3, 0.4) is 0 Å². The first-order valence-corrected chi connectivity index (χ1v) is 6.95. The van der Waals surface area contributed by atoms with Crippen LogP contribution in [0.2, 0.25) is 0 Å². The molecule has 1 aromatic carbocycles. The minimum absolute atomic E-state index is 0.00565. The van der Waals surface area contributed by atoms with Crippen LogP contribution in [0.1, 0.15) is 17.3 Å². The van der Waals surface area contributed by atoms with Gasteiger partial charge in [0.1, 0.15) is 0 Å². The predicted molar refractivity (Wildman–Crippen MR) is 75.7 cm³/mol. The molecule has 3 nitrogen and oxygen atoms in total. The van der Waals surface area contributed by atoms with Gasteiger partial charge in [-0.3, -0.25) is 4.79 Å². The molecule has 0 spiro atoms. The van der Waals surface area contributed by atoms with Gasteiger partial charge in [-0.2, -0.15) is 0 Å². The van der Waals surface area contributed by atoms with Crippen molar-refractivity contribution in [3.05, 3.63) is 34.3 Å². The normalized spacial score (nSPS) is 14.1. The first-order chi connectivity index (χ1) is 8.04. The Bertz CT molecular complexity index is 367. The molecule has 0 aliphatic carbocycles. The second-order valence-electron chi connectivity index (χ2n) is 3.74. The van der Waals surface area contributed by atoms with Gasteiger partial charge < -0.3 is 10.1 Å². The van der Waals surface area contributed by atoms with Crippen LogP contribution in [-0.2, 0) is 4.74 Å². The fraction of sp³-hybridized carbons (Fsp3) is 0.417. The molecule has 0 bridgehead atoms. The van der Waals surface area contributed by atoms with E-state index < -0.39 is 0 Å². The van der Waals surface area contributed by atoms with Crippen molar-refractivity contribution in [1.82, 2.24) is 5.32 Å². The third-order valence-electron chi connectivity index (χ3n) is 2.33. The average Bonchev–Trinajstić information content (AvgIpc) is 2.30. The zero-order chi connectivity index (χ0) is 12.8. The van der Waals surface area contributed by atoms with E-state index in [2.05, 4.69) is 37.2 Å². The van der Waals surface area contributed by atoms with E-state index in [-0.39, 0.29) is 16.8 Å². The topological polar surface area (TPSA) is 38.3 Å². The Morgan fingerprint density at radius 1 is 1.41 bits per heavy atom. The van der Waals surface area contributed by atoms with Gasteiger partial charge in [0.05, 0.1) is 11.4 Å². The van der Waals surface area contributed by atoms with Crippen LogP contribution < -0.4 is 5.32 Å². The van der Waals surface area contributed by atoms with E-state index in [0.29, 0.717) is 12.2 Å². The first-order valence-electron chi connectivity index (χ1n) is 5.24. The summed E-state index contributed by atoms with van der Waals surface area (Å²) in [7, 11) is 1.64. The highest BCUT2D eigenvalue weighted by atomic mass is 79.9. The Kier molecular flexibility index (Phi) is 6.16. The molecule has 1 rings (SSSR count). The van der Waals surface area contributed by atoms with Crippen LogP contribution in [0.5, 0.6) is 0 Å². The fourth-order valence-corrected chi connectivity index (χ4v) is 1.95. The van der Waals surface area contributed by atoms with E-state index >= 15 is 0 Å². The van der Waals surface area contributed by atoms with E-state index in [9.17, 15) is 4.79 Å². The number of benzene rings is 1. The van der Waals surface area contributed by atoms with Gasteiger partial charge >= 0.3 is 0 Å². The Balaban J connectivity index is 2.57. The van der Waals surface area contributed by atoms with Crippen LogP contribution in [0, 0.1) is 0 Å². The number of rotatable bonds is 5. The maximum absolute atomic E-state index is 11.9. The molecule has 0 radical (unpaired) electrons. The summed E-state index contributed by atoms with van der Waals surface area (Å²) in [6.45, 7) is 2.50. The molecule has 2 atom stereocenters. The van der Waals surface area contributed by atoms with Crippen LogP contribution in [0.15, 0.2) is 28.7 Å². The second kappa shape index (κ2) is 7.13. The van der Waals surface area contributed by atoms with E-state index in [0.717, 1.165) is 4.47 Å². The van der Waals surface area contributed by atoms with Crippen molar-refractivity contribution in [3.8, 4) is 0 Å². The lowest BCUT2D eigenvalue weighted by Crippen LogP contribution is -2.40. The van der Waals surface area contributed by atoms with Gasteiger partial charge in [0.15, 0.2) is 0 Å². The van der Waals surface area contributed by atoms with Gasteiger partial charge in [0.25, 0.3) is 5.91 Å². The van der Waals surface area contributed by atoms with Gasteiger partial charge in [-0.25, -0.2) is 0 Å². The number of hydrogen-bond donors (Lipinski definition) is 1. The van der Waals surface area contributed by atoms with Crippen molar-refractivity contribution in [2.75, 3.05) is 13.7 Å². The van der Waals surface area contributed by atoms with Crippen molar-refractivity contribution >= 4 is 37.8 Å². The van der Waals surface area contributed by atoms with Crippen molar-refractivity contribution in [2.24, 2.45) is 0 Å². The summed E-state index contributed by atoms with van der Waals surface area (Å²) in [4.78, 5) is 12.0. The molecule has 0 aromatic heterocycles. The highest BCUT2D eigenvalue weighted by Gasteiger charge is 2.16. The number of carbonyl (C=O) groups excluding carboxylic acids is 1. The third-order valence-corrected chi connectivity index (χ3v) is 3.92. The molecule has 94 valence electrons. The molecule has 1 N–H and O–H groups in total. The molecule has 1 amide bonds. The highest BCUT2D eigenvalue weighted by molar-refractivity contribution is 9.10. The molecule has 5 heteroatoms. The van der Waals surface area contributed by atoms with Gasteiger partial charge in [0, 0.05) is 23.2 Å². The fourth-order valence-electron chi connectivity index (χ4n) is 1.29. The molecule has 0 saturated carbocycles. The summed E-state index contributed by atoms with van der Waals surface area (Å²) in [5.74, 6) is -0.0782. The number of ether oxygens (including phenoxy) is 1. The Labute approximate surface area is 118 Å². The lowest BCUT2D eigenvalue weighted by molar-refractivity contribution is 0.0932. The summed E-state index contributed by atoms with van der Waals surface area (Å²) in [5.41, 5.74) is 0.650. The van der Waals surface area contributed by atoms with Gasteiger partial charge in [-0.1, -0.05) is 31.9 Å². The Hall–Kier alpha value is -0.390. The van der Waals surface area contributed by atoms with Crippen molar-refractivity contribution in [1.29, 1.82) is 0 Å². The van der Waals surface area contributed by atoms with Crippen molar-refractivity contribution in [3.63, 3.8) is 0 Å². The number of hydrogen-bond acceptors (Lipinski definition) is 2. The largest absolute Gasteiger partial charge is 0.383 e. The molecule has 0 heterocycles. The Morgan fingerprint density at radius 3 is 2.53 bits per heavy atom. The maximum Gasteiger partial charge on any atom is 0.251 e. The van der Waals surface area contributed by atoms with Gasteiger partial charge in [0.2, 0.25) is 0 Å². The lowest BCUT2D eigenvalue weighted by Gasteiger charge is -2.19. The van der Waals surface area contributed by atoms with E-state index in [4.69, 9.17) is 4.74 Å². The summed E-state index contributed by atoms with van der Waals surface area (Å²) < 4.78 is 5.98. The first kappa shape index (κ1) is 14.7. The average molecular weight is 365 g/mol. The molecule has 0 aliphatic heterocycles. The number of nitrogens with one attached hydrogen (secondary N) is 1. The van der Waals surface area contributed by atoms with Gasteiger partial charge in [-0.15, -0.1) is 0 Å². The molecular weight excluding hydrogens is 350 g/mol. The molecule has 1 unspecified atom stereocenters. The highest BCUT2D eigenvalue weighted by Crippen LogP contribution is 2.11. The van der Waals surface area contributed by atoms with Crippen molar-refractivity contribution < 1.29 is 9.53 Å². The summed E-state index contributed by atoms with van der Waals surface area (Å²) in [5, 5.41) is 2.92. The second-order valence-corrected chi connectivity index (χ2v) is 5.83. The quantitative estimate of drug-likeness (QED) is 0.815. The number of methoxy groups -OCH3 is 1. The number of halogens is 2. The standard InChI is InChI=1S/C12H15Br2NO2/c1-8(11(14)7-17-2)15-12(16)9-3-5-10(13)6-4-9/h3-6,8,11H,7H2,1-2H3,(H,15,16)/t8?,11-/m1/s1. The van der Waals surface area contributed by atoms with E-state index in [1.54, 1.807) is 19.2 Å². The van der Waals surface area contributed by atoms with E-state index in [1.807, 2.05) is 19.1 Å². The summed E-state index contributed by atoms with van der Waals surface area (Å²) in [6.07, 6.45) is 0. The molecule has 0 aliphatic rings. The number of carbonyl (C=O) groups is 1. The van der Waals surface area contributed by atoms with Crippen LogP contribution >= 0.6 is 31.9 Å². The third kappa shape index (κ3) is 4.77. The van der Waals surface area contributed by atoms with E-state index in [1.165, 1.54) is 0 Å². The minimum atomic E-state index is -0.0782. The van der Waals surface area contributed by atoms with Gasteiger partial charge in [-0.05, 0) is 31.2 Å². The summed E-state index contributed by atoms with van der Waals surface area (Å²) >= 11 is 6.80. The SMILES string of the molecule is COC[C@@H](Br)C(C)NC(=O)c1ccc(Br)cc1. The van der Waals surface area contributed by atoms with Crippen LogP contribution in [0.4, 0.5) is 0 Å². The molecule has 1 aromatic rings. The smallest absolute Gasteiger partial charge is 0.251 e. The predicted octanol–water partition coefficient (Wildman–Crippen LogP) is 2.98. The number of amides is 1.